The first kappa shape index (κ1) is 16.8. The standard InChI is InChI=1S/C17H21N5O4/c1-10-7-21-13-14(18-16(21)20(10)9-12-5-4-6-26-12)19(3)17(25)22(15(13)24)8-11(2)23/h7,12H,4-6,8-9H2,1-3H3/t12-/m0/s1. The van der Waals surface area contributed by atoms with Gasteiger partial charge in [0.2, 0.25) is 5.78 Å². The number of hydrogen-bond acceptors (Lipinski definition) is 5. The number of fused-ring (bicyclic) bond motifs is 3. The van der Waals surface area contributed by atoms with Gasteiger partial charge in [0.05, 0.1) is 19.2 Å². The van der Waals surface area contributed by atoms with Gasteiger partial charge in [0.15, 0.2) is 11.2 Å². The number of carbonyl (C=O) groups is 1. The van der Waals surface area contributed by atoms with Crippen LogP contribution in [0.15, 0.2) is 15.8 Å². The quantitative estimate of drug-likeness (QED) is 0.665. The maximum atomic E-state index is 12.9. The first-order valence-corrected chi connectivity index (χ1v) is 8.67. The van der Waals surface area contributed by atoms with Crippen LogP contribution in [0, 0.1) is 6.92 Å². The largest absolute Gasteiger partial charge is 0.376 e. The van der Waals surface area contributed by atoms with Gasteiger partial charge < -0.3 is 9.30 Å². The van der Waals surface area contributed by atoms with Crippen LogP contribution in [0.4, 0.5) is 0 Å². The van der Waals surface area contributed by atoms with Crippen LogP contribution in [-0.4, -0.2) is 41.6 Å². The minimum absolute atomic E-state index is 0.128. The van der Waals surface area contributed by atoms with Crippen LogP contribution < -0.4 is 11.2 Å². The number of carbonyl (C=O) groups excluding carboxylic acids is 1. The summed E-state index contributed by atoms with van der Waals surface area (Å²) in [4.78, 5) is 41.4. The third-order valence-electron chi connectivity index (χ3n) is 4.93. The summed E-state index contributed by atoms with van der Waals surface area (Å²) >= 11 is 0. The number of aromatic nitrogens is 5. The predicted molar refractivity (Wildman–Crippen MR) is 94.6 cm³/mol. The van der Waals surface area contributed by atoms with Gasteiger partial charge in [-0.25, -0.2) is 4.79 Å². The molecule has 4 heterocycles. The van der Waals surface area contributed by atoms with Crippen LogP contribution in [0.25, 0.3) is 16.9 Å². The number of nitrogens with zero attached hydrogens (tertiary/aromatic N) is 5. The van der Waals surface area contributed by atoms with Gasteiger partial charge in [-0.15, -0.1) is 0 Å². The van der Waals surface area contributed by atoms with Crippen molar-refractivity contribution in [2.24, 2.45) is 7.05 Å². The van der Waals surface area contributed by atoms with Gasteiger partial charge in [-0.3, -0.25) is 23.1 Å². The van der Waals surface area contributed by atoms with Crippen LogP contribution in [0.2, 0.25) is 0 Å². The zero-order valence-electron chi connectivity index (χ0n) is 15.1. The molecule has 1 fully saturated rings. The van der Waals surface area contributed by atoms with E-state index in [0.29, 0.717) is 23.5 Å². The molecule has 4 rings (SSSR count). The van der Waals surface area contributed by atoms with Crippen molar-refractivity contribution in [1.82, 2.24) is 23.1 Å². The number of hydrogen-bond donors (Lipinski definition) is 0. The lowest BCUT2D eigenvalue weighted by Crippen LogP contribution is -2.40. The summed E-state index contributed by atoms with van der Waals surface area (Å²) in [6.07, 6.45) is 4.00. The zero-order valence-corrected chi connectivity index (χ0v) is 15.1. The van der Waals surface area contributed by atoms with E-state index in [2.05, 4.69) is 4.98 Å². The van der Waals surface area contributed by atoms with Crippen molar-refractivity contribution in [2.45, 2.75) is 45.9 Å². The summed E-state index contributed by atoms with van der Waals surface area (Å²) in [6, 6.07) is 0. The van der Waals surface area contributed by atoms with Gasteiger partial charge in [0, 0.05) is 25.5 Å². The first-order chi connectivity index (χ1) is 12.4. The third kappa shape index (κ3) is 2.42. The van der Waals surface area contributed by atoms with Crippen molar-refractivity contribution in [3.05, 3.63) is 32.7 Å². The lowest BCUT2D eigenvalue weighted by atomic mass is 10.2. The molecular formula is C17H21N5O4. The highest BCUT2D eigenvalue weighted by molar-refractivity contribution is 5.78. The van der Waals surface area contributed by atoms with Gasteiger partial charge in [-0.05, 0) is 26.7 Å². The molecule has 0 bridgehead atoms. The summed E-state index contributed by atoms with van der Waals surface area (Å²) in [5.74, 6) is 0.345. The average Bonchev–Trinajstić information content (AvgIpc) is 3.28. The SMILES string of the molecule is CC(=O)Cn1c(=O)c2c(nc3n(C[C@@H]4CCCO4)c(C)cn23)n(C)c1=O. The summed E-state index contributed by atoms with van der Waals surface area (Å²) < 4.78 is 11.7. The van der Waals surface area contributed by atoms with Crippen molar-refractivity contribution in [3.8, 4) is 0 Å². The van der Waals surface area contributed by atoms with E-state index in [1.165, 1.54) is 11.5 Å². The molecule has 138 valence electrons. The number of Topliss-reactive ketones (excluding diaryl/α,β-unsaturated/α-hetero) is 1. The fourth-order valence-corrected chi connectivity index (χ4v) is 3.63. The Kier molecular flexibility index (Phi) is 3.83. The van der Waals surface area contributed by atoms with Crippen LogP contribution in [0.5, 0.6) is 0 Å². The van der Waals surface area contributed by atoms with E-state index in [4.69, 9.17) is 4.74 Å². The van der Waals surface area contributed by atoms with Crippen LogP contribution in [0.3, 0.4) is 0 Å². The van der Waals surface area contributed by atoms with Gasteiger partial charge in [0.1, 0.15) is 5.78 Å². The van der Waals surface area contributed by atoms with E-state index < -0.39 is 11.2 Å². The summed E-state index contributed by atoms with van der Waals surface area (Å²) in [5.41, 5.74) is 0.533. The Labute approximate surface area is 148 Å². The number of ether oxygens (including phenoxy) is 1. The fraction of sp³-hybridized carbons (Fsp3) is 0.529. The van der Waals surface area contributed by atoms with Crippen molar-refractivity contribution < 1.29 is 9.53 Å². The molecule has 3 aromatic rings. The normalized spacial score (nSPS) is 17.6. The lowest BCUT2D eigenvalue weighted by Gasteiger charge is -2.11. The first-order valence-electron chi connectivity index (χ1n) is 8.67. The Bertz CT molecular complexity index is 1140. The molecule has 0 saturated carbocycles. The van der Waals surface area contributed by atoms with E-state index in [-0.39, 0.29) is 18.4 Å². The van der Waals surface area contributed by atoms with E-state index in [9.17, 15) is 14.4 Å². The van der Waals surface area contributed by atoms with Gasteiger partial charge in [-0.2, -0.15) is 4.98 Å². The molecule has 0 aliphatic carbocycles. The van der Waals surface area contributed by atoms with Crippen molar-refractivity contribution >= 4 is 22.7 Å². The molecule has 3 aromatic heterocycles. The second-order valence-corrected chi connectivity index (χ2v) is 6.91. The van der Waals surface area contributed by atoms with E-state index >= 15 is 0 Å². The Balaban J connectivity index is 1.98. The molecule has 1 atom stereocenters. The second-order valence-electron chi connectivity index (χ2n) is 6.91. The number of ketones is 1. The van der Waals surface area contributed by atoms with Gasteiger partial charge >= 0.3 is 5.69 Å². The Morgan fingerprint density at radius 1 is 1.35 bits per heavy atom. The summed E-state index contributed by atoms with van der Waals surface area (Å²) in [5, 5.41) is 0. The Hall–Kier alpha value is -2.68. The summed E-state index contributed by atoms with van der Waals surface area (Å²) in [7, 11) is 1.56. The molecule has 0 amide bonds. The monoisotopic (exact) mass is 359 g/mol. The molecule has 9 heteroatoms. The molecule has 1 saturated heterocycles. The second kappa shape index (κ2) is 5.94. The smallest absolute Gasteiger partial charge is 0.332 e. The highest BCUT2D eigenvalue weighted by atomic mass is 16.5. The van der Waals surface area contributed by atoms with Gasteiger partial charge in [-0.1, -0.05) is 0 Å². The highest BCUT2D eigenvalue weighted by Gasteiger charge is 2.23. The topological polar surface area (TPSA) is 92.5 Å². The van der Waals surface area contributed by atoms with Crippen LogP contribution in [-0.2, 0) is 29.7 Å². The third-order valence-corrected chi connectivity index (χ3v) is 4.93. The molecule has 26 heavy (non-hydrogen) atoms. The molecule has 0 radical (unpaired) electrons. The van der Waals surface area contributed by atoms with E-state index in [1.807, 2.05) is 17.7 Å². The molecule has 9 nitrogen and oxygen atoms in total. The molecule has 0 unspecified atom stereocenters. The fourth-order valence-electron chi connectivity index (χ4n) is 3.63. The molecular weight excluding hydrogens is 338 g/mol. The lowest BCUT2D eigenvalue weighted by molar-refractivity contribution is -0.117. The minimum Gasteiger partial charge on any atom is -0.376 e. The molecule has 0 N–H and O–H groups in total. The summed E-state index contributed by atoms with van der Waals surface area (Å²) in [6.45, 7) is 4.48. The minimum atomic E-state index is -0.541. The number of aryl methyl sites for hydroxylation is 2. The zero-order chi connectivity index (χ0) is 18.6. The number of imidazole rings is 2. The highest BCUT2D eigenvalue weighted by Crippen LogP contribution is 2.20. The average molecular weight is 359 g/mol. The maximum absolute atomic E-state index is 12.9. The van der Waals surface area contributed by atoms with Crippen LogP contribution >= 0.6 is 0 Å². The van der Waals surface area contributed by atoms with Gasteiger partial charge in [0.25, 0.3) is 5.56 Å². The predicted octanol–water partition coefficient (Wildman–Crippen LogP) is 0.226. The molecule has 1 aliphatic heterocycles. The van der Waals surface area contributed by atoms with E-state index in [0.717, 1.165) is 29.7 Å². The van der Waals surface area contributed by atoms with E-state index in [1.54, 1.807) is 11.4 Å². The molecule has 0 aromatic carbocycles. The Morgan fingerprint density at radius 2 is 2.12 bits per heavy atom. The number of rotatable bonds is 4. The Morgan fingerprint density at radius 3 is 2.77 bits per heavy atom. The van der Waals surface area contributed by atoms with Crippen molar-refractivity contribution in [3.63, 3.8) is 0 Å². The molecule has 1 aliphatic rings. The molecule has 0 spiro atoms. The van der Waals surface area contributed by atoms with Crippen LogP contribution in [0.1, 0.15) is 25.5 Å². The van der Waals surface area contributed by atoms with Crippen molar-refractivity contribution in [2.75, 3.05) is 6.61 Å². The van der Waals surface area contributed by atoms with Crippen molar-refractivity contribution in [1.29, 1.82) is 0 Å². The maximum Gasteiger partial charge on any atom is 0.332 e.